The van der Waals surface area contributed by atoms with Crippen molar-refractivity contribution in [3.63, 3.8) is 0 Å². The van der Waals surface area contributed by atoms with E-state index in [-0.39, 0.29) is 18.7 Å². The molecule has 0 fully saturated rings. The molecule has 0 aromatic heterocycles. The van der Waals surface area contributed by atoms with Crippen molar-refractivity contribution in [3.8, 4) is 0 Å². The topological polar surface area (TPSA) is 104 Å². The second kappa shape index (κ2) is 19.5. The fourth-order valence-electron chi connectivity index (χ4n) is 3.15. The second-order valence-electron chi connectivity index (χ2n) is 7.73. The molecule has 0 saturated carbocycles. The number of hydrogen-bond donors (Lipinski definition) is 3. The number of carbonyl (C=O) groups is 3. The zero-order valence-electron chi connectivity index (χ0n) is 18.2. The van der Waals surface area contributed by atoms with E-state index in [9.17, 15) is 14.4 Å². The van der Waals surface area contributed by atoms with Crippen molar-refractivity contribution >= 4 is 17.8 Å². The molecule has 0 aliphatic rings. The van der Waals surface area contributed by atoms with Crippen molar-refractivity contribution < 1.29 is 24.6 Å². The minimum Gasteiger partial charge on any atom is -0.481 e. The Kier molecular flexibility index (Phi) is 18.2. The van der Waals surface area contributed by atoms with Crippen LogP contribution in [0.1, 0.15) is 110 Å². The number of rotatable bonds is 20. The van der Waals surface area contributed by atoms with Crippen LogP contribution in [0.3, 0.4) is 0 Å². The summed E-state index contributed by atoms with van der Waals surface area (Å²) in [7, 11) is 0. The van der Waals surface area contributed by atoms with Crippen LogP contribution in [0.25, 0.3) is 0 Å². The molecule has 0 rings (SSSR count). The van der Waals surface area contributed by atoms with Crippen molar-refractivity contribution in [2.24, 2.45) is 0 Å². The second-order valence-corrected chi connectivity index (χ2v) is 7.73. The molecule has 3 N–H and O–H groups in total. The maximum Gasteiger partial charge on any atom is 0.326 e. The van der Waals surface area contributed by atoms with Crippen LogP contribution in [0.5, 0.6) is 0 Å². The molecule has 0 aromatic carbocycles. The largest absolute Gasteiger partial charge is 0.481 e. The molecule has 0 unspecified atom stereocenters. The lowest BCUT2D eigenvalue weighted by Crippen LogP contribution is -2.41. The highest BCUT2D eigenvalue weighted by Gasteiger charge is 2.20. The number of carbonyl (C=O) groups excluding carboxylic acids is 1. The number of nitrogens with one attached hydrogen (secondary N) is 1. The number of aliphatic carboxylic acids is 2. The van der Waals surface area contributed by atoms with Gasteiger partial charge in [-0.15, -0.1) is 0 Å². The summed E-state index contributed by atoms with van der Waals surface area (Å²) in [5, 5.41) is 20.1. The Labute approximate surface area is 176 Å². The maximum atomic E-state index is 11.8. The number of unbranched alkanes of at least 4 members (excludes halogenated alkanes) is 11. The highest BCUT2D eigenvalue weighted by Crippen LogP contribution is 2.11. The molecule has 0 aliphatic heterocycles. The predicted octanol–water partition coefficient (Wildman–Crippen LogP) is 5.46. The van der Waals surface area contributed by atoms with Gasteiger partial charge in [0.25, 0.3) is 0 Å². The van der Waals surface area contributed by atoms with Crippen LogP contribution >= 0.6 is 0 Å². The van der Waals surface area contributed by atoms with Gasteiger partial charge in [-0.2, -0.15) is 0 Å². The van der Waals surface area contributed by atoms with Crippen LogP contribution in [0.15, 0.2) is 12.2 Å². The van der Waals surface area contributed by atoms with Gasteiger partial charge in [0, 0.05) is 12.8 Å². The Morgan fingerprint density at radius 3 is 1.79 bits per heavy atom. The summed E-state index contributed by atoms with van der Waals surface area (Å²) in [6, 6.07) is -1.12. The lowest BCUT2D eigenvalue weighted by atomic mass is 10.1. The average Bonchev–Trinajstić information content (AvgIpc) is 2.67. The van der Waals surface area contributed by atoms with Gasteiger partial charge in [0.1, 0.15) is 6.04 Å². The fourth-order valence-corrected chi connectivity index (χ4v) is 3.15. The van der Waals surface area contributed by atoms with Crippen LogP contribution in [-0.2, 0) is 14.4 Å². The molecule has 29 heavy (non-hydrogen) atoms. The van der Waals surface area contributed by atoms with Crippen LogP contribution in [0, 0.1) is 0 Å². The molecule has 6 nitrogen and oxygen atoms in total. The molecule has 168 valence electrons. The third-order valence-electron chi connectivity index (χ3n) is 4.95. The van der Waals surface area contributed by atoms with Crippen molar-refractivity contribution in [2.45, 2.75) is 116 Å². The smallest absolute Gasteiger partial charge is 0.326 e. The number of carboxylic acid groups (broad SMARTS) is 2. The molecular formula is C23H41NO5. The average molecular weight is 412 g/mol. The van der Waals surface area contributed by atoms with E-state index in [0.29, 0.717) is 6.42 Å². The zero-order chi connectivity index (χ0) is 21.7. The standard InChI is InChI=1S/C23H41NO5/c1-2-3-4-5-6-7-8-9-10-11-12-13-14-15-16-17-21(25)24-20(23(28)29)18-19-22(26)27/h7-8,20H,2-6,9-19H2,1H3,(H,24,25)(H,26,27)(H,28,29)/b8-7-/t20-/m0/s1. The number of allylic oxidation sites excluding steroid dienone is 2. The molecule has 1 amide bonds. The fraction of sp³-hybridized carbons (Fsp3) is 0.783. The van der Waals surface area contributed by atoms with Gasteiger partial charge in [-0.05, 0) is 38.5 Å². The third kappa shape index (κ3) is 19.2. The molecule has 0 spiro atoms. The maximum absolute atomic E-state index is 11.8. The van der Waals surface area contributed by atoms with Gasteiger partial charge < -0.3 is 15.5 Å². The van der Waals surface area contributed by atoms with Crippen LogP contribution < -0.4 is 5.32 Å². The normalized spacial score (nSPS) is 12.2. The van der Waals surface area contributed by atoms with Crippen LogP contribution in [0.4, 0.5) is 0 Å². The molecule has 0 heterocycles. The molecule has 0 saturated heterocycles. The Balaban J connectivity index is 3.53. The van der Waals surface area contributed by atoms with Gasteiger partial charge in [0.2, 0.25) is 5.91 Å². The van der Waals surface area contributed by atoms with Crippen molar-refractivity contribution in [1.29, 1.82) is 0 Å². The molecule has 6 heteroatoms. The van der Waals surface area contributed by atoms with Crippen molar-refractivity contribution in [3.05, 3.63) is 12.2 Å². The first kappa shape index (κ1) is 27.1. The lowest BCUT2D eigenvalue weighted by molar-refractivity contribution is -0.143. The number of hydrogen-bond acceptors (Lipinski definition) is 3. The van der Waals surface area contributed by atoms with Gasteiger partial charge in [-0.25, -0.2) is 4.79 Å². The van der Waals surface area contributed by atoms with E-state index in [1.54, 1.807) is 0 Å². The van der Waals surface area contributed by atoms with Crippen molar-refractivity contribution in [2.75, 3.05) is 0 Å². The highest BCUT2D eigenvalue weighted by atomic mass is 16.4. The van der Waals surface area contributed by atoms with Gasteiger partial charge >= 0.3 is 11.9 Å². The van der Waals surface area contributed by atoms with Gasteiger partial charge in [-0.1, -0.05) is 70.4 Å². The Morgan fingerprint density at radius 2 is 1.28 bits per heavy atom. The van der Waals surface area contributed by atoms with Gasteiger partial charge in [0.05, 0.1) is 0 Å². The lowest BCUT2D eigenvalue weighted by Gasteiger charge is -2.13. The number of carboxylic acids is 2. The first-order valence-corrected chi connectivity index (χ1v) is 11.4. The van der Waals surface area contributed by atoms with E-state index in [4.69, 9.17) is 10.2 Å². The Hall–Kier alpha value is -1.85. The van der Waals surface area contributed by atoms with Gasteiger partial charge in [0.15, 0.2) is 0 Å². The summed E-state index contributed by atoms with van der Waals surface area (Å²) >= 11 is 0. The van der Waals surface area contributed by atoms with E-state index in [1.165, 1.54) is 64.2 Å². The van der Waals surface area contributed by atoms with Crippen molar-refractivity contribution in [1.82, 2.24) is 5.32 Å². The number of amides is 1. The summed E-state index contributed by atoms with van der Waals surface area (Å²) in [6.45, 7) is 2.23. The molecule has 0 radical (unpaired) electrons. The summed E-state index contributed by atoms with van der Waals surface area (Å²) in [5.74, 6) is -2.57. The van der Waals surface area contributed by atoms with E-state index >= 15 is 0 Å². The van der Waals surface area contributed by atoms with E-state index in [2.05, 4.69) is 24.4 Å². The molecule has 0 aliphatic carbocycles. The molecule has 0 bridgehead atoms. The highest BCUT2D eigenvalue weighted by molar-refractivity contribution is 5.83. The Morgan fingerprint density at radius 1 is 0.759 bits per heavy atom. The molecule has 0 aromatic rings. The third-order valence-corrected chi connectivity index (χ3v) is 4.95. The minimum atomic E-state index is -1.19. The minimum absolute atomic E-state index is 0.0928. The predicted molar refractivity (Wildman–Crippen MR) is 116 cm³/mol. The van der Waals surface area contributed by atoms with E-state index < -0.39 is 18.0 Å². The van der Waals surface area contributed by atoms with Gasteiger partial charge in [-0.3, -0.25) is 9.59 Å². The summed E-state index contributed by atoms with van der Waals surface area (Å²) < 4.78 is 0. The molecule has 1 atom stereocenters. The first-order valence-electron chi connectivity index (χ1n) is 11.4. The summed E-state index contributed by atoms with van der Waals surface area (Å²) in [5.41, 5.74) is 0. The van der Waals surface area contributed by atoms with E-state index in [0.717, 1.165) is 19.3 Å². The summed E-state index contributed by atoms with van der Waals surface area (Å²) in [4.78, 5) is 33.4. The monoisotopic (exact) mass is 411 g/mol. The SMILES string of the molecule is CCCCCC/C=C\CCCCCCCCCC(=O)N[C@@H](CCC(=O)O)C(=O)O. The summed E-state index contributed by atoms with van der Waals surface area (Å²) in [6.07, 6.45) is 19.8. The van der Waals surface area contributed by atoms with Crippen LogP contribution in [-0.4, -0.2) is 34.1 Å². The molecular weight excluding hydrogens is 370 g/mol. The van der Waals surface area contributed by atoms with Crippen LogP contribution in [0.2, 0.25) is 0 Å². The first-order chi connectivity index (χ1) is 14.0. The zero-order valence-corrected chi connectivity index (χ0v) is 18.2. The van der Waals surface area contributed by atoms with E-state index in [1.807, 2.05) is 0 Å². The Bertz CT molecular complexity index is 476. The quantitative estimate of drug-likeness (QED) is 0.182.